The summed E-state index contributed by atoms with van der Waals surface area (Å²) in [6.45, 7) is 4.22. The van der Waals surface area contributed by atoms with Gasteiger partial charge in [0, 0.05) is 22.9 Å². The van der Waals surface area contributed by atoms with Crippen molar-refractivity contribution in [2.45, 2.75) is 24.5 Å². The van der Waals surface area contributed by atoms with E-state index in [0.717, 1.165) is 5.69 Å². The highest BCUT2D eigenvalue weighted by molar-refractivity contribution is 7.98. The third-order valence-corrected chi connectivity index (χ3v) is 4.52. The molecule has 21 heavy (non-hydrogen) atoms. The Morgan fingerprint density at radius 2 is 1.95 bits per heavy atom. The van der Waals surface area contributed by atoms with Gasteiger partial charge in [0.25, 0.3) is 5.56 Å². The fraction of sp³-hybridized carbons (Fsp3) is 0.176. The standard InChI is InChI=1S/C17H16N2OS/c1-12-6-7-15(9-13(12)2)21-11-14-10-17(20)19-8-4-3-5-16(19)18-14/h3-10H,11H2,1-2H3. The topological polar surface area (TPSA) is 34.4 Å². The smallest absolute Gasteiger partial charge is 0.258 e. The minimum absolute atomic E-state index is 0.0312. The van der Waals surface area contributed by atoms with E-state index < -0.39 is 0 Å². The summed E-state index contributed by atoms with van der Waals surface area (Å²) in [5.74, 6) is 0.698. The van der Waals surface area contributed by atoms with Gasteiger partial charge in [-0.2, -0.15) is 0 Å². The number of aromatic nitrogens is 2. The van der Waals surface area contributed by atoms with Crippen molar-refractivity contribution in [1.29, 1.82) is 0 Å². The number of benzene rings is 1. The molecule has 0 unspecified atom stereocenters. The van der Waals surface area contributed by atoms with E-state index in [1.807, 2.05) is 18.2 Å². The normalized spacial score (nSPS) is 11.0. The highest BCUT2D eigenvalue weighted by Crippen LogP contribution is 2.23. The molecule has 0 aliphatic heterocycles. The fourth-order valence-corrected chi connectivity index (χ4v) is 3.02. The van der Waals surface area contributed by atoms with Crippen molar-refractivity contribution < 1.29 is 0 Å². The van der Waals surface area contributed by atoms with Crippen LogP contribution in [-0.2, 0) is 5.75 Å². The van der Waals surface area contributed by atoms with Gasteiger partial charge < -0.3 is 0 Å². The van der Waals surface area contributed by atoms with Crippen LogP contribution in [0, 0.1) is 13.8 Å². The molecular weight excluding hydrogens is 280 g/mol. The van der Waals surface area contributed by atoms with Crippen LogP contribution in [0.3, 0.4) is 0 Å². The van der Waals surface area contributed by atoms with Crippen molar-refractivity contribution in [3.05, 3.63) is 75.8 Å². The first-order chi connectivity index (χ1) is 10.1. The van der Waals surface area contributed by atoms with Crippen molar-refractivity contribution in [2.75, 3.05) is 0 Å². The Hall–Kier alpha value is -2.07. The van der Waals surface area contributed by atoms with E-state index in [-0.39, 0.29) is 5.56 Å². The first kappa shape index (κ1) is 13.9. The number of rotatable bonds is 3. The van der Waals surface area contributed by atoms with Crippen LogP contribution in [0.4, 0.5) is 0 Å². The largest absolute Gasteiger partial charge is 0.269 e. The molecule has 106 valence electrons. The van der Waals surface area contributed by atoms with Gasteiger partial charge >= 0.3 is 0 Å². The van der Waals surface area contributed by atoms with Crippen LogP contribution in [0.5, 0.6) is 0 Å². The summed E-state index contributed by atoms with van der Waals surface area (Å²) in [5.41, 5.74) is 4.05. The maximum atomic E-state index is 12.0. The number of aryl methyl sites for hydroxylation is 2. The zero-order valence-corrected chi connectivity index (χ0v) is 12.9. The van der Waals surface area contributed by atoms with Gasteiger partial charge in [0.05, 0.1) is 5.69 Å². The first-order valence-electron chi connectivity index (χ1n) is 6.81. The minimum Gasteiger partial charge on any atom is -0.269 e. The van der Waals surface area contributed by atoms with E-state index in [1.54, 1.807) is 28.4 Å². The molecule has 0 aliphatic carbocycles. The van der Waals surface area contributed by atoms with Gasteiger partial charge in [-0.3, -0.25) is 9.20 Å². The second kappa shape index (κ2) is 5.74. The van der Waals surface area contributed by atoms with Crippen LogP contribution in [0.25, 0.3) is 5.65 Å². The molecule has 3 rings (SSSR count). The Balaban J connectivity index is 1.85. The number of pyridine rings is 1. The van der Waals surface area contributed by atoms with Gasteiger partial charge in [-0.05, 0) is 49.2 Å². The average Bonchev–Trinajstić information content (AvgIpc) is 2.49. The fourth-order valence-electron chi connectivity index (χ4n) is 2.14. The molecule has 2 aromatic heterocycles. The van der Waals surface area contributed by atoms with Gasteiger partial charge in [-0.25, -0.2) is 4.98 Å². The summed E-state index contributed by atoms with van der Waals surface area (Å²) in [7, 11) is 0. The number of hydrogen-bond donors (Lipinski definition) is 0. The van der Waals surface area contributed by atoms with E-state index in [4.69, 9.17) is 0 Å². The summed E-state index contributed by atoms with van der Waals surface area (Å²) in [4.78, 5) is 17.8. The number of hydrogen-bond acceptors (Lipinski definition) is 3. The Morgan fingerprint density at radius 1 is 1.10 bits per heavy atom. The summed E-state index contributed by atoms with van der Waals surface area (Å²) in [5, 5.41) is 0. The maximum absolute atomic E-state index is 12.0. The molecule has 2 heterocycles. The Morgan fingerprint density at radius 3 is 2.76 bits per heavy atom. The lowest BCUT2D eigenvalue weighted by Crippen LogP contribution is -2.14. The lowest BCUT2D eigenvalue weighted by molar-refractivity contribution is 1.01. The third-order valence-electron chi connectivity index (χ3n) is 3.49. The Bertz CT molecular complexity index is 855. The second-order valence-electron chi connectivity index (χ2n) is 5.05. The van der Waals surface area contributed by atoms with Crippen LogP contribution in [-0.4, -0.2) is 9.38 Å². The Kier molecular flexibility index (Phi) is 3.80. The highest BCUT2D eigenvalue weighted by atomic mass is 32.2. The molecule has 0 amide bonds. The summed E-state index contributed by atoms with van der Waals surface area (Å²) >= 11 is 1.70. The maximum Gasteiger partial charge on any atom is 0.258 e. The highest BCUT2D eigenvalue weighted by Gasteiger charge is 2.03. The molecular formula is C17H16N2OS. The van der Waals surface area contributed by atoms with Gasteiger partial charge in [0.15, 0.2) is 0 Å². The van der Waals surface area contributed by atoms with E-state index >= 15 is 0 Å². The van der Waals surface area contributed by atoms with Crippen LogP contribution >= 0.6 is 11.8 Å². The molecule has 4 heteroatoms. The number of nitrogens with zero attached hydrogens (tertiary/aromatic N) is 2. The average molecular weight is 296 g/mol. The first-order valence-corrected chi connectivity index (χ1v) is 7.79. The minimum atomic E-state index is -0.0312. The summed E-state index contributed by atoms with van der Waals surface area (Å²) in [6, 6.07) is 13.6. The Labute approximate surface area is 127 Å². The quantitative estimate of drug-likeness (QED) is 0.693. The molecule has 0 spiro atoms. The van der Waals surface area contributed by atoms with Crippen LogP contribution in [0.2, 0.25) is 0 Å². The van der Waals surface area contributed by atoms with Crippen LogP contribution in [0.15, 0.2) is 58.4 Å². The van der Waals surface area contributed by atoms with Crippen molar-refractivity contribution in [3.63, 3.8) is 0 Å². The predicted molar refractivity (Wildman–Crippen MR) is 86.9 cm³/mol. The number of fused-ring (bicyclic) bond motifs is 1. The molecule has 1 aromatic carbocycles. The molecule has 0 aliphatic rings. The van der Waals surface area contributed by atoms with E-state index in [1.165, 1.54) is 16.0 Å². The molecule has 0 atom stereocenters. The summed E-state index contributed by atoms with van der Waals surface area (Å²) < 4.78 is 1.56. The molecule has 0 saturated carbocycles. The van der Waals surface area contributed by atoms with Crippen LogP contribution in [0.1, 0.15) is 16.8 Å². The summed E-state index contributed by atoms with van der Waals surface area (Å²) in [6.07, 6.45) is 1.74. The third kappa shape index (κ3) is 3.00. The van der Waals surface area contributed by atoms with Crippen molar-refractivity contribution in [3.8, 4) is 0 Å². The van der Waals surface area contributed by atoms with Crippen molar-refractivity contribution >= 4 is 17.4 Å². The molecule has 3 aromatic rings. The monoisotopic (exact) mass is 296 g/mol. The van der Waals surface area contributed by atoms with E-state index in [0.29, 0.717) is 11.4 Å². The molecule has 0 radical (unpaired) electrons. The predicted octanol–water partition coefficient (Wildman–Crippen LogP) is 3.60. The van der Waals surface area contributed by atoms with Gasteiger partial charge in [-0.15, -0.1) is 11.8 Å². The van der Waals surface area contributed by atoms with E-state index in [2.05, 4.69) is 37.0 Å². The van der Waals surface area contributed by atoms with Crippen LogP contribution < -0.4 is 5.56 Å². The second-order valence-corrected chi connectivity index (χ2v) is 6.10. The van der Waals surface area contributed by atoms with Crippen molar-refractivity contribution in [2.24, 2.45) is 0 Å². The van der Waals surface area contributed by atoms with Gasteiger partial charge in [0.1, 0.15) is 5.65 Å². The van der Waals surface area contributed by atoms with E-state index in [9.17, 15) is 4.79 Å². The van der Waals surface area contributed by atoms with Gasteiger partial charge in [0.2, 0.25) is 0 Å². The molecule has 0 fully saturated rings. The van der Waals surface area contributed by atoms with Gasteiger partial charge in [-0.1, -0.05) is 12.1 Å². The molecule has 0 saturated heterocycles. The number of thioether (sulfide) groups is 1. The SMILES string of the molecule is Cc1ccc(SCc2cc(=O)n3ccccc3n2)cc1C. The molecule has 0 N–H and O–H groups in total. The van der Waals surface area contributed by atoms with Crippen molar-refractivity contribution in [1.82, 2.24) is 9.38 Å². The molecule has 3 nitrogen and oxygen atoms in total. The lowest BCUT2D eigenvalue weighted by atomic mass is 10.1. The zero-order chi connectivity index (χ0) is 14.8. The molecule has 0 bridgehead atoms. The lowest BCUT2D eigenvalue weighted by Gasteiger charge is -2.06. The zero-order valence-electron chi connectivity index (χ0n) is 12.0.